The van der Waals surface area contributed by atoms with Gasteiger partial charge < -0.3 is 9.64 Å². The van der Waals surface area contributed by atoms with E-state index in [1.807, 2.05) is 18.2 Å². The number of carbonyl (C=O) groups excluding carboxylic acids is 1. The predicted octanol–water partition coefficient (Wildman–Crippen LogP) is 2.86. The quantitative estimate of drug-likeness (QED) is 0.789. The van der Waals surface area contributed by atoms with E-state index in [1.165, 1.54) is 13.2 Å². The van der Waals surface area contributed by atoms with Crippen LogP contribution in [0.1, 0.15) is 17.7 Å². The fraction of sp³-hybridized carbons (Fsp3) is 0.333. The molecule has 0 aliphatic rings. The monoisotopic (exact) mass is 316 g/mol. The van der Waals surface area contributed by atoms with Crippen LogP contribution in [0.3, 0.4) is 0 Å². The highest BCUT2D eigenvalue weighted by molar-refractivity contribution is 5.76. The molecule has 1 aromatic carbocycles. The Balaban J connectivity index is 1.80. The summed E-state index contributed by atoms with van der Waals surface area (Å²) in [6, 6.07) is 10.5. The van der Waals surface area contributed by atoms with E-state index in [9.17, 15) is 9.18 Å². The first-order chi connectivity index (χ1) is 11.1. The van der Waals surface area contributed by atoms with Crippen molar-refractivity contribution in [2.24, 2.45) is 0 Å². The van der Waals surface area contributed by atoms with E-state index in [4.69, 9.17) is 4.74 Å². The molecule has 1 amide bonds. The Morgan fingerprint density at radius 1 is 1.26 bits per heavy atom. The van der Waals surface area contributed by atoms with E-state index >= 15 is 0 Å². The van der Waals surface area contributed by atoms with Gasteiger partial charge in [-0.15, -0.1) is 0 Å². The lowest BCUT2D eigenvalue weighted by molar-refractivity contribution is -0.129. The Hall–Kier alpha value is -2.43. The van der Waals surface area contributed by atoms with Crippen LogP contribution in [0.5, 0.6) is 5.75 Å². The minimum absolute atomic E-state index is 0.0390. The third-order valence-electron chi connectivity index (χ3n) is 3.70. The van der Waals surface area contributed by atoms with Crippen molar-refractivity contribution < 1.29 is 13.9 Å². The van der Waals surface area contributed by atoms with E-state index in [2.05, 4.69) is 4.98 Å². The van der Waals surface area contributed by atoms with Gasteiger partial charge in [-0.1, -0.05) is 12.1 Å². The number of halogens is 1. The summed E-state index contributed by atoms with van der Waals surface area (Å²) in [7, 11) is 3.21. The van der Waals surface area contributed by atoms with Crippen molar-refractivity contribution >= 4 is 5.91 Å². The zero-order valence-electron chi connectivity index (χ0n) is 13.5. The maximum Gasteiger partial charge on any atom is 0.222 e. The molecule has 4 nitrogen and oxygen atoms in total. The van der Waals surface area contributed by atoms with E-state index in [1.54, 1.807) is 30.3 Å². The molecular formula is C18H21FN2O2. The Labute approximate surface area is 135 Å². The van der Waals surface area contributed by atoms with E-state index < -0.39 is 5.82 Å². The lowest BCUT2D eigenvalue weighted by atomic mass is 10.1. The third kappa shape index (κ3) is 5.06. The van der Waals surface area contributed by atoms with Gasteiger partial charge in [0.05, 0.1) is 7.11 Å². The van der Waals surface area contributed by atoms with Crippen molar-refractivity contribution in [1.82, 2.24) is 9.88 Å². The molecule has 0 unspecified atom stereocenters. The number of ether oxygens (including phenoxy) is 1. The number of pyridine rings is 1. The maximum atomic E-state index is 13.6. The highest BCUT2D eigenvalue weighted by Crippen LogP contribution is 2.18. The molecule has 23 heavy (non-hydrogen) atoms. The molecular weight excluding hydrogens is 295 g/mol. The van der Waals surface area contributed by atoms with Gasteiger partial charge in [0, 0.05) is 38.3 Å². The summed E-state index contributed by atoms with van der Waals surface area (Å²) in [6.45, 7) is 0.618. The van der Waals surface area contributed by atoms with Crippen molar-refractivity contribution in [3.63, 3.8) is 0 Å². The lowest BCUT2D eigenvalue weighted by Gasteiger charge is -2.17. The van der Waals surface area contributed by atoms with Gasteiger partial charge in [0.15, 0.2) is 11.6 Å². The Morgan fingerprint density at radius 2 is 2.09 bits per heavy atom. The van der Waals surface area contributed by atoms with Crippen LogP contribution in [0.15, 0.2) is 42.6 Å². The second-order valence-electron chi connectivity index (χ2n) is 5.36. The molecule has 0 fully saturated rings. The number of amides is 1. The largest absolute Gasteiger partial charge is 0.494 e. The number of aryl methyl sites for hydroxylation is 1. The van der Waals surface area contributed by atoms with Gasteiger partial charge in [-0.25, -0.2) is 4.39 Å². The second-order valence-corrected chi connectivity index (χ2v) is 5.36. The Bertz CT molecular complexity index is 647. The summed E-state index contributed by atoms with van der Waals surface area (Å²) in [6.07, 6.45) is 3.33. The van der Waals surface area contributed by atoms with E-state index in [-0.39, 0.29) is 11.7 Å². The molecule has 0 aliphatic heterocycles. The number of hydrogen-bond donors (Lipinski definition) is 0. The summed E-state index contributed by atoms with van der Waals surface area (Å²) in [4.78, 5) is 18.1. The summed E-state index contributed by atoms with van der Waals surface area (Å²) < 4.78 is 18.5. The van der Waals surface area contributed by atoms with Crippen LogP contribution in [0.4, 0.5) is 4.39 Å². The predicted molar refractivity (Wildman–Crippen MR) is 86.9 cm³/mol. The zero-order valence-corrected chi connectivity index (χ0v) is 13.5. The van der Waals surface area contributed by atoms with Gasteiger partial charge in [-0.2, -0.15) is 0 Å². The molecule has 0 spiro atoms. The van der Waals surface area contributed by atoms with Gasteiger partial charge in [0.1, 0.15) is 0 Å². The standard InChI is InChI=1S/C18H21FN2O2/c1-21(12-10-15-5-3-4-11-20-15)18(22)9-7-14-6-8-17(23-2)16(19)13-14/h3-6,8,11,13H,7,9-10,12H2,1-2H3. The number of aromatic nitrogens is 1. The molecule has 0 atom stereocenters. The van der Waals surface area contributed by atoms with Crippen molar-refractivity contribution in [3.05, 3.63) is 59.7 Å². The van der Waals surface area contributed by atoms with Crippen LogP contribution in [0.25, 0.3) is 0 Å². The number of hydrogen-bond acceptors (Lipinski definition) is 3. The number of benzene rings is 1. The molecule has 2 rings (SSSR count). The first-order valence-corrected chi connectivity index (χ1v) is 7.56. The molecule has 1 aromatic heterocycles. The van der Waals surface area contributed by atoms with Crippen LogP contribution >= 0.6 is 0 Å². The minimum Gasteiger partial charge on any atom is -0.494 e. The number of carbonyl (C=O) groups is 1. The normalized spacial score (nSPS) is 10.4. The first-order valence-electron chi connectivity index (χ1n) is 7.56. The zero-order chi connectivity index (χ0) is 16.7. The first kappa shape index (κ1) is 16.9. The molecule has 5 heteroatoms. The van der Waals surface area contributed by atoms with E-state index in [0.29, 0.717) is 19.4 Å². The molecule has 0 bridgehead atoms. The molecule has 122 valence electrons. The summed E-state index contributed by atoms with van der Waals surface area (Å²) >= 11 is 0. The fourth-order valence-electron chi connectivity index (χ4n) is 2.26. The average molecular weight is 316 g/mol. The summed E-state index contributed by atoms with van der Waals surface area (Å²) in [5, 5.41) is 0. The van der Waals surface area contributed by atoms with E-state index in [0.717, 1.165) is 17.7 Å². The van der Waals surface area contributed by atoms with Crippen molar-refractivity contribution in [3.8, 4) is 5.75 Å². The number of methoxy groups -OCH3 is 1. The minimum atomic E-state index is -0.402. The molecule has 0 N–H and O–H groups in total. The molecule has 0 radical (unpaired) electrons. The van der Waals surface area contributed by atoms with Gasteiger partial charge in [0.25, 0.3) is 0 Å². The number of rotatable bonds is 7. The third-order valence-corrected chi connectivity index (χ3v) is 3.70. The maximum absolute atomic E-state index is 13.6. The van der Waals surface area contributed by atoms with Crippen molar-refractivity contribution in [2.75, 3.05) is 20.7 Å². The highest BCUT2D eigenvalue weighted by atomic mass is 19.1. The SMILES string of the molecule is COc1ccc(CCC(=O)N(C)CCc2ccccn2)cc1F. The molecule has 1 heterocycles. The molecule has 0 saturated heterocycles. The van der Waals surface area contributed by atoms with Crippen LogP contribution < -0.4 is 4.74 Å². The topological polar surface area (TPSA) is 42.4 Å². The number of nitrogens with zero attached hydrogens (tertiary/aromatic N) is 2. The number of likely N-dealkylation sites (N-methyl/N-ethyl adjacent to an activating group) is 1. The Kier molecular flexibility index (Phi) is 6.09. The second kappa shape index (κ2) is 8.27. The summed E-state index contributed by atoms with van der Waals surface area (Å²) in [5.74, 6) is -0.148. The highest BCUT2D eigenvalue weighted by Gasteiger charge is 2.10. The van der Waals surface area contributed by atoms with Crippen LogP contribution in [-0.2, 0) is 17.6 Å². The van der Waals surface area contributed by atoms with Crippen LogP contribution in [-0.4, -0.2) is 36.5 Å². The molecule has 0 aliphatic carbocycles. The van der Waals surface area contributed by atoms with Crippen molar-refractivity contribution in [2.45, 2.75) is 19.3 Å². The van der Waals surface area contributed by atoms with Gasteiger partial charge in [-0.05, 0) is 36.2 Å². The van der Waals surface area contributed by atoms with Gasteiger partial charge in [0.2, 0.25) is 5.91 Å². The average Bonchev–Trinajstić information content (AvgIpc) is 2.58. The Morgan fingerprint density at radius 3 is 2.74 bits per heavy atom. The summed E-state index contributed by atoms with van der Waals surface area (Å²) in [5.41, 5.74) is 1.75. The smallest absolute Gasteiger partial charge is 0.222 e. The molecule has 0 saturated carbocycles. The lowest BCUT2D eigenvalue weighted by Crippen LogP contribution is -2.29. The fourth-order valence-corrected chi connectivity index (χ4v) is 2.26. The van der Waals surface area contributed by atoms with Gasteiger partial charge >= 0.3 is 0 Å². The van der Waals surface area contributed by atoms with Crippen LogP contribution in [0, 0.1) is 5.82 Å². The van der Waals surface area contributed by atoms with Crippen LogP contribution in [0.2, 0.25) is 0 Å². The van der Waals surface area contributed by atoms with Gasteiger partial charge in [-0.3, -0.25) is 9.78 Å². The van der Waals surface area contributed by atoms with Crippen molar-refractivity contribution in [1.29, 1.82) is 0 Å². The molecule has 2 aromatic rings.